The first-order valence-corrected chi connectivity index (χ1v) is 9.32. The van der Waals surface area contributed by atoms with Crippen LogP contribution in [0.3, 0.4) is 0 Å². The van der Waals surface area contributed by atoms with Gasteiger partial charge in [0, 0.05) is 0 Å². The van der Waals surface area contributed by atoms with E-state index in [1.807, 2.05) is 0 Å². The van der Waals surface area contributed by atoms with Crippen molar-refractivity contribution < 1.29 is 22.6 Å². The second-order valence-electron chi connectivity index (χ2n) is 4.88. The van der Waals surface area contributed by atoms with Crippen molar-refractivity contribution >= 4 is 24.5 Å². The van der Waals surface area contributed by atoms with Gasteiger partial charge in [0.2, 0.25) is 0 Å². The Morgan fingerprint density at radius 3 is 2.68 bits per heavy atom. The molecule has 1 fully saturated rings. The van der Waals surface area contributed by atoms with E-state index in [1.165, 1.54) is 5.57 Å². The van der Waals surface area contributed by atoms with Gasteiger partial charge in [-0.1, -0.05) is 0 Å². The summed E-state index contributed by atoms with van der Waals surface area (Å²) in [5.74, 6) is 0. The predicted molar refractivity (Wildman–Crippen MR) is 80.3 cm³/mol. The molecule has 0 aliphatic carbocycles. The molecule has 2 rings (SSSR count). The maximum absolute atomic E-state index is 12.5. The van der Waals surface area contributed by atoms with Gasteiger partial charge in [0.1, 0.15) is 0 Å². The van der Waals surface area contributed by atoms with Crippen LogP contribution in [-0.4, -0.2) is 46.8 Å². The average Bonchev–Trinajstić information content (AvgIpc) is 2.93. The van der Waals surface area contributed by atoms with Crippen LogP contribution in [-0.2, 0) is 15.7 Å². The van der Waals surface area contributed by atoms with E-state index in [0.29, 0.717) is 19.8 Å². The molecule has 0 spiro atoms. The van der Waals surface area contributed by atoms with Crippen molar-refractivity contribution in [1.29, 1.82) is 0 Å². The van der Waals surface area contributed by atoms with Crippen molar-refractivity contribution in [3.05, 3.63) is 52.2 Å². The standard InChI is InChI=1S/C16H17F3O2Te/c1-2-7-20-10-14-8-12(9-21-14)11-22-15-5-3-13(4-6-15)16(17,18)19/h2-6,11,14H,1,7-10H2/b12-11-. The van der Waals surface area contributed by atoms with E-state index in [-0.39, 0.29) is 6.10 Å². The minimum atomic E-state index is -4.27. The molecule has 1 aromatic carbocycles. The van der Waals surface area contributed by atoms with Gasteiger partial charge >= 0.3 is 138 Å². The zero-order chi connectivity index (χ0) is 16.0. The topological polar surface area (TPSA) is 18.5 Å². The van der Waals surface area contributed by atoms with E-state index in [4.69, 9.17) is 9.47 Å². The average molecular weight is 426 g/mol. The molecular weight excluding hydrogens is 409 g/mol. The molecule has 2 nitrogen and oxygen atoms in total. The molecule has 1 saturated heterocycles. The van der Waals surface area contributed by atoms with E-state index in [9.17, 15) is 13.2 Å². The molecule has 1 atom stereocenters. The summed E-state index contributed by atoms with van der Waals surface area (Å²) in [6.07, 6.45) is -1.66. The van der Waals surface area contributed by atoms with Crippen molar-refractivity contribution in [2.75, 3.05) is 19.8 Å². The zero-order valence-electron chi connectivity index (χ0n) is 11.9. The van der Waals surface area contributed by atoms with Gasteiger partial charge in [0.25, 0.3) is 0 Å². The van der Waals surface area contributed by atoms with Crippen molar-refractivity contribution in [1.82, 2.24) is 0 Å². The summed E-state index contributed by atoms with van der Waals surface area (Å²) >= 11 is -0.629. The van der Waals surface area contributed by atoms with E-state index in [1.54, 1.807) is 18.2 Å². The van der Waals surface area contributed by atoms with Crippen LogP contribution in [0.4, 0.5) is 13.2 Å². The van der Waals surface area contributed by atoms with Gasteiger partial charge in [-0.2, -0.15) is 0 Å². The van der Waals surface area contributed by atoms with Crippen molar-refractivity contribution in [2.24, 2.45) is 0 Å². The number of hydrogen-bond acceptors (Lipinski definition) is 2. The van der Waals surface area contributed by atoms with Crippen LogP contribution in [0, 0.1) is 0 Å². The fourth-order valence-electron chi connectivity index (χ4n) is 1.98. The summed E-state index contributed by atoms with van der Waals surface area (Å²) in [6.45, 7) is 5.23. The van der Waals surface area contributed by atoms with E-state index < -0.39 is 32.7 Å². The molecule has 1 aromatic rings. The Morgan fingerprint density at radius 1 is 1.32 bits per heavy atom. The van der Waals surface area contributed by atoms with Crippen LogP contribution in [0.2, 0.25) is 0 Å². The van der Waals surface area contributed by atoms with Crippen LogP contribution >= 0.6 is 0 Å². The van der Waals surface area contributed by atoms with Crippen LogP contribution < -0.4 is 3.61 Å². The van der Waals surface area contributed by atoms with Crippen molar-refractivity contribution in [3.8, 4) is 0 Å². The van der Waals surface area contributed by atoms with Gasteiger partial charge in [0.15, 0.2) is 0 Å². The number of rotatable bonds is 6. The van der Waals surface area contributed by atoms with E-state index >= 15 is 0 Å². The second-order valence-corrected chi connectivity index (χ2v) is 7.57. The molecule has 0 saturated carbocycles. The third-order valence-electron chi connectivity index (χ3n) is 3.08. The summed E-state index contributed by atoms with van der Waals surface area (Å²) in [4.78, 5) is 0. The van der Waals surface area contributed by atoms with Gasteiger partial charge in [-0.15, -0.1) is 0 Å². The van der Waals surface area contributed by atoms with Gasteiger partial charge in [-0.3, -0.25) is 0 Å². The fourth-order valence-corrected chi connectivity index (χ4v) is 4.15. The number of halogens is 3. The molecule has 0 N–H and O–H groups in total. The molecule has 0 amide bonds. The molecule has 1 aliphatic heterocycles. The van der Waals surface area contributed by atoms with Gasteiger partial charge in [0.05, 0.1) is 0 Å². The molecule has 1 aliphatic rings. The molecule has 1 heterocycles. The van der Waals surface area contributed by atoms with Crippen LogP contribution in [0.25, 0.3) is 0 Å². The summed E-state index contributed by atoms with van der Waals surface area (Å²) in [5, 5.41) is 0. The minimum absolute atomic E-state index is 0.0752. The molecule has 6 heteroatoms. The summed E-state index contributed by atoms with van der Waals surface area (Å²) < 4.78 is 51.6. The third-order valence-corrected chi connectivity index (χ3v) is 5.92. The van der Waals surface area contributed by atoms with E-state index in [0.717, 1.165) is 22.2 Å². The monoisotopic (exact) mass is 428 g/mol. The van der Waals surface area contributed by atoms with Gasteiger partial charge in [-0.25, -0.2) is 0 Å². The Hall–Kier alpha value is -0.800. The predicted octanol–water partition coefficient (Wildman–Crippen LogP) is 2.91. The Bertz CT molecular complexity index is 523. The van der Waals surface area contributed by atoms with Crippen molar-refractivity contribution in [3.63, 3.8) is 0 Å². The first-order valence-electron chi connectivity index (χ1n) is 6.81. The Morgan fingerprint density at radius 2 is 2.05 bits per heavy atom. The zero-order valence-corrected chi connectivity index (χ0v) is 14.3. The summed E-state index contributed by atoms with van der Waals surface area (Å²) in [5.41, 5.74) is 0.620. The second kappa shape index (κ2) is 8.16. The number of hydrogen-bond donors (Lipinski definition) is 0. The first-order chi connectivity index (χ1) is 10.5. The van der Waals surface area contributed by atoms with Crippen molar-refractivity contribution in [2.45, 2.75) is 18.7 Å². The Labute approximate surface area is 138 Å². The Kier molecular flexibility index (Phi) is 6.51. The normalized spacial score (nSPS) is 20.5. The van der Waals surface area contributed by atoms with Crippen LogP contribution in [0.5, 0.6) is 0 Å². The molecule has 0 radical (unpaired) electrons. The van der Waals surface area contributed by atoms with Crippen LogP contribution in [0.15, 0.2) is 46.6 Å². The first kappa shape index (κ1) is 17.6. The summed E-state index contributed by atoms with van der Waals surface area (Å²) in [6, 6.07) is 5.44. The SMILES string of the molecule is C=CCOCC1C/C(=C/[Te]c2ccc(C(F)(F)F)cc2)CO1. The maximum atomic E-state index is 12.5. The number of ether oxygens (including phenoxy) is 2. The fraction of sp³-hybridized carbons (Fsp3) is 0.375. The molecular formula is C16H17F3O2Te. The Balaban J connectivity index is 1.83. The van der Waals surface area contributed by atoms with Gasteiger partial charge < -0.3 is 0 Å². The third kappa shape index (κ3) is 5.44. The molecule has 0 aromatic heterocycles. The number of benzene rings is 1. The molecule has 120 valence electrons. The number of alkyl halides is 3. The molecule has 1 unspecified atom stereocenters. The molecule has 0 bridgehead atoms. The molecule has 22 heavy (non-hydrogen) atoms. The van der Waals surface area contributed by atoms with E-state index in [2.05, 4.69) is 10.7 Å². The van der Waals surface area contributed by atoms with Crippen LogP contribution in [0.1, 0.15) is 12.0 Å². The summed E-state index contributed by atoms with van der Waals surface area (Å²) in [7, 11) is 0. The quantitative estimate of drug-likeness (QED) is 0.396. The van der Waals surface area contributed by atoms with Gasteiger partial charge in [-0.05, 0) is 0 Å².